The molecule has 0 aliphatic carbocycles. The van der Waals surface area contributed by atoms with Gasteiger partial charge in [0.05, 0.1) is 17.7 Å². The predicted molar refractivity (Wildman–Crippen MR) is 132 cm³/mol. The number of nitrogens with one attached hydrogen (secondary N) is 1. The van der Waals surface area contributed by atoms with E-state index in [1.54, 1.807) is 26.0 Å². The molecule has 0 unspecified atom stereocenters. The minimum absolute atomic E-state index is 0.0137. The standard InChI is InChI=1S/C26H28FN3O3S/c1-18-9-11-22(12-10-18)16-30(34(32,33)26-20(3)13-19(2)14-21(26)4)17-25(31)29-28-15-23-7-5-6-8-24(23)27/h5-15H,16-17H2,1-4H3,(H,29,31). The molecule has 1 amide bonds. The number of carbonyl (C=O) groups is 1. The summed E-state index contributed by atoms with van der Waals surface area (Å²) in [5.41, 5.74) is 6.49. The third-order valence-corrected chi connectivity index (χ3v) is 7.40. The summed E-state index contributed by atoms with van der Waals surface area (Å²) in [7, 11) is -4.01. The third-order valence-electron chi connectivity index (χ3n) is 5.30. The lowest BCUT2D eigenvalue weighted by molar-refractivity contribution is -0.121. The number of nitrogens with zero attached hydrogens (tertiary/aromatic N) is 2. The molecule has 34 heavy (non-hydrogen) atoms. The number of carbonyl (C=O) groups excluding carboxylic acids is 1. The summed E-state index contributed by atoms with van der Waals surface area (Å²) < 4.78 is 42.3. The summed E-state index contributed by atoms with van der Waals surface area (Å²) >= 11 is 0. The number of amides is 1. The van der Waals surface area contributed by atoms with Gasteiger partial charge in [0.2, 0.25) is 10.0 Å². The number of benzene rings is 3. The van der Waals surface area contributed by atoms with Gasteiger partial charge in [0.1, 0.15) is 5.82 Å². The normalized spacial score (nSPS) is 11.8. The van der Waals surface area contributed by atoms with Crippen LogP contribution in [-0.4, -0.2) is 31.4 Å². The van der Waals surface area contributed by atoms with Gasteiger partial charge in [-0.1, -0.05) is 65.7 Å². The Bertz CT molecular complexity index is 1300. The summed E-state index contributed by atoms with van der Waals surface area (Å²) in [4.78, 5) is 12.8. The second-order valence-corrected chi connectivity index (χ2v) is 10.2. The van der Waals surface area contributed by atoms with Crippen molar-refractivity contribution in [2.24, 2.45) is 5.10 Å². The van der Waals surface area contributed by atoms with Crippen LogP contribution in [0.2, 0.25) is 0 Å². The van der Waals surface area contributed by atoms with E-state index in [4.69, 9.17) is 0 Å². The van der Waals surface area contributed by atoms with Gasteiger partial charge >= 0.3 is 0 Å². The zero-order chi connectivity index (χ0) is 24.9. The Balaban J connectivity index is 1.88. The SMILES string of the molecule is Cc1ccc(CN(CC(=O)NN=Cc2ccccc2F)S(=O)(=O)c2c(C)cc(C)cc2C)cc1. The highest BCUT2D eigenvalue weighted by atomic mass is 32.2. The molecule has 1 N–H and O–H groups in total. The molecule has 0 aromatic heterocycles. The number of aryl methyl sites for hydroxylation is 4. The molecule has 6 nitrogen and oxygen atoms in total. The lowest BCUT2D eigenvalue weighted by Crippen LogP contribution is -2.39. The van der Waals surface area contributed by atoms with Gasteiger partial charge in [-0.05, 0) is 50.5 Å². The van der Waals surface area contributed by atoms with Gasteiger partial charge in [-0.25, -0.2) is 18.2 Å². The molecule has 0 bridgehead atoms. The van der Waals surface area contributed by atoms with E-state index in [1.807, 2.05) is 50.2 Å². The van der Waals surface area contributed by atoms with E-state index in [0.29, 0.717) is 11.1 Å². The van der Waals surface area contributed by atoms with Crippen molar-refractivity contribution in [3.05, 3.63) is 99.9 Å². The molecule has 0 aliphatic rings. The fourth-order valence-corrected chi connectivity index (χ4v) is 5.57. The van der Waals surface area contributed by atoms with Gasteiger partial charge in [0.25, 0.3) is 5.91 Å². The van der Waals surface area contributed by atoms with Crippen LogP contribution in [0.25, 0.3) is 0 Å². The molecule has 0 aliphatic heterocycles. The molecule has 3 rings (SSSR count). The average molecular weight is 482 g/mol. The van der Waals surface area contributed by atoms with E-state index in [1.165, 1.54) is 18.3 Å². The van der Waals surface area contributed by atoms with Gasteiger partial charge in [0.15, 0.2) is 0 Å². The van der Waals surface area contributed by atoms with Crippen LogP contribution in [0, 0.1) is 33.5 Å². The molecule has 3 aromatic rings. The van der Waals surface area contributed by atoms with Crippen LogP contribution in [-0.2, 0) is 21.4 Å². The molecule has 0 saturated heterocycles. The molecule has 0 radical (unpaired) electrons. The van der Waals surface area contributed by atoms with Crippen molar-refractivity contribution in [1.29, 1.82) is 0 Å². The van der Waals surface area contributed by atoms with Crippen molar-refractivity contribution in [3.8, 4) is 0 Å². The first-order valence-electron chi connectivity index (χ1n) is 10.8. The summed E-state index contributed by atoms with van der Waals surface area (Å²) in [6, 6.07) is 17.1. The minimum atomic E-state index is -4.01. The lowest BCUT2D eigenvalue weighted by Gasteiger charge is -2.24. The molecule has 8 heteroatoms. The molecular formula is C26H28FN3O3S. The fraction of sp³-hybridized carbons (Fsp3) is 0.231. The topological polar surface area (TPSA) is 78.8 Å². The maximum atomic E-state index is 13.8. The largest absolute Gasteiger partial charge is 0.272 e. The molecule has 178 valence electrons. The number of halogens is 1. The number of sulfonamides is 1. The summed E-state index contributed by atoms with van der Waals surface area (Å²) in [5, 5.41) is 3.79. The van der Waals surface area contributed by atoms with Crippen LogP contribution in [0.15, 0.2) is 70.7 Å². The van der Waals surface area contributed by atoms with Gasteiger partial charge < -0.3 is 0 Å². The molecule has 0 heterocycles. The van der Waals surface area contributed by atoms with Crippen molar-refractivity contribution < 1.29 is 17.6 Å². The van der Waals surface area contributed by atoms with Crippen LogP contribution in [0.1, 0.15) is 33.4 Å². The average Bonchev–Trinajstić information content (AvgIpc) is 2.75. The van der Waals surface area contributed by atoms with E-state index < -0.39 is 28.3 Å². The van der Waals surface area contributed by atoms with Gasteiger partial charge in [-0.3, -0.25) is 4.79 Å². The maximum absolute atomic E-state index is 13.8. The Kier molecular flexibility index (Phi) is 7.96. The van der Waals surface area contributed by atoms with Crippen LogP contribution in [0.4, 0.5) is 4.39 Å². The Morgan fingerprint density at radius 2 is 1.59 bits per heavy atom. The van der Waals surface area contributed by atoms with Gasteiger partial charge in [0, 0.05) is 12.1 Å². The van der Waals surface area contributed by atoms with E-state index in [9.17, 15) is 17.6 Å². The third kappa shape index (κ3) is 6.15. The fourth-order valence-electron chi connectivity index (χ4n) is 3.77. The molecule has 0 spiro atoms. The second kappa shape index (κ2) is 10.7. The van der Waals surface area contributed by atoms with Gasteiger partial charge in [-0.2, -0.15) is 9.41 Å². The molecule has 0 atom stereocenters. The molecule has 3 aromatic carbocycles. The molecule has 0 fully saturated rings. The molecule has 0 saturated carbocycles. The number of hydrazone groups is 1. The van der Waals surface area contributed by atoms with Crippen molar-refractivity contribution in [3.63, 3.8) is 0 Å². The van der Waals surface area contributed by atoms with Crippen LogP contribution in [0.5, 0.6) is 0 Å². The first-order chi connectivity index (χ1) is 16.1. The minimum Gasteiger partial charge on any atom is -0.272 e. The Labute approximate surface area is 200 Å². The molecular weight excluding hydrogens is 453 g/mol. The quantitative estimate of drug-likeness (QED) is 0.383. The van der Waals surface area contributed by atoms with E-state index in [0.717, 1.165) is 21.0 Å². The predicted octanol–water partition coefficient (Wildman–Crippen LogP) is 4.40. The zero-order valence-corrected chi connectivity index (χ0v) is 20.5. The highest BCUT2D eigenvalue weighted by Crippen LogP contribution is 2.26. The maximum Gasteiger partial charge on any atom is 0.255 e. The summed E-state index contributed by atoms with van der Waals surface area (Å²) in [6.07, 6.45) is 1.18. The Hall–Kier alpha value is -3.36. The monoisotopic (exact) mass is 481 g/mol. The number of hydrogen-bond donors (Lipinski definition) is 1. The van der Waals surface area contributed by atoms with Gasteiger partial charge in [-0.15, -0.1) is 0 Å². The van der Waals surface area contributed by atoms with Crippen molar-refractivity contribution in [2.75, 3.05) is 6.54 Å². The van der Waals surface area contributed by atoms with E-state index >= 15 is 0 Å². The number of rotatable bonds is 8. The summed E-state index contributed by atoms with van der Waals surface area (Å²) in [5.74, 6) is -1.11. The smallest absolute Gasteiger partial charge is 0.255 e. The lowest BCUT2D eigenvalue weighted by atomic mass is 10.1. The van der Waals surface area contributed by atoms with Crippen molar-refractivity contribution >= 4 is 22.1 Å². The summed E-state index contributed by atoms with van der Waals surface area (Å²) in [6.45, 7) is 6.91. The zero-order valence-electron chi connectivity index (χ0n) is 19.7. The Morgan fingerprint density at radius 3 is 2.21 bits per heavy atom. The number of hydrogen-bond acceptors (Lipinski definition) is 4. The first kappa shape index (κ1) is 25.3. The van der Waals surface area contributed by atoms with E-state index in [-0.39, 0.29) is 17.0 Å². The van der Waals surface area contributed by atoms with Crippen LogP contribution < -0.4 is 5.43 Å². The first-order valence-corrected chi connectivity index (χ1v) is 12.2. The highest BCUT2D eigenvalue weighted by Gasteiger charge is 2.30. The van der Waals surface area contributed by atoms with E-state index in [2.05, 4.69) is 10.5 Å². The Morgan fingerprint density at radius 1 is 0.971 bits per heavy atom. The van der Waals surface area contributed by atoms with Crippen molar-refractivity contribution in [2.45, 2.75) is 39.1 Å². The van der Waals surface area contributed by atoms with Crippen LogP contribution >= 0.6 is 0 Å². The van der Waals surface area contributed by atoms with Crippen LogP contribution in [0.3, 0.4) is 0 Å². The van der Waals surface area contributed by atoms with Crippen molar-refractivity contribution in [1.82, 2.24) is 9.73 Å². The highest BCUT2D eigenvalue weighted by molar-refractivity contribution is 7.89. The second-order valence-electron chi connectivity index (χ2n) is 8.30.